The second kappa shape index (κ2) is 11.6. The molecule has 2 aromatic carbocycles. The molecule has 186 valence electrons. The number of carbonyl (C=O) groups is 3. The van der Waals surface area contributed by atoms with Gasteiger partial charge < -0.3 is 14.5 Å². The van der Waals surface area contributed by atoms with E-state index in [1.165, 1.54) is 0 Å². The molecule has 7 nitrogen and oxygen atoms in total. The van der Waals surface area contributed by atoms with Crippen LogP contribution in [0.1, 0.15) is 37.7 Å². The summed E-state index contributed by atoms with van der Waals surface area (Å²) in [6, 6.07) is 15.6. The second-order valence-corrected chi connectivity index (χ2v) is 10.5. The Morgan fingerprint density at radius 1 is 0.914 bits per heavy atom. The Labute approximate surface area is 208 Å². The lowest BCUT2D eigenvalue weighted by atomic mass is 10.1. The molecule has 2 amide bonds. The van der Waals surface area contributed by atoms with Gasteiger partial charge in [-0.05, 0) is 61.9 Å². The number of likely N-dealkylation sites (tertiary alicyclic amines) is 2. The lowest BCUT2D eigenvalue weighted by Gasteiger charge is -2.31. The van der Waals surface area contributed by atoms with Gasteiger partial charge in [0.2, 0.25) is 11.8 Å². The number of ketones is 1. The summed E-state index contributed by atoms with van der Waals surface area (Å²) in [5, 5.41) is 0. The van der Waals surface area contributed by atoms with E-state index in [0.29, 0.717) is 49.4 Å². The van der Waals surface area contributed by atoms with Crippen molar-refractivity contribution in [3.63, 3.8) is 0 Å². The number of ether oxygens (including phenoxy) is 1. The monoisotopic (exact) mass is 496 g/mol. The molecule has 4 rings (SSSR count). The molecule has 2 aromatic rings. The number of rotatable bonds is 9. The van der Waals surface area contributed by atoms with Crippen molar-refractivity contribution in [3.05, 3.63) is 60.2 Å². The van der Waals surface area contributed by atoms with Crippen LogP contribution in [0.25, 0.3) is 0 Å². The van der Waals surface area contributed by atoms with E-state index in [0.717, 1.165) is 18.4 Å². The molecule has 0 N–H and O–H groups in total. The third-order valence-corrected chi connectivity index (χ3v) is 8.18. The van der Waals surface area contributed by atoms with E-state index in [1.54, 1.807) is 41.2 Å². The number of hydrogen-bond donors (Lipinski definition) is 0. The number of hydrogen-bond acceptors (Lipinski definition) is 5. The van der Waals surface area contributed by atoms with Gasteiger partial charge in [0.1, 0.15) is 11.8 Å². The molecule has 0 spiro atoms. The quantitative estimate of drug-likeness (QED) is 0.533. The highest BCUT2D eigenvalue weighted by Gasteiger charge is 2.42. The summed E-state index contributed by atoms with van der Waals surface area (Å²) >= 11 is 0. The van der Waals surface area contributed by atoms with Gasteiger partial charge in [0.15, 0.2) is 5.78 Å². The van der Waals surface area contributed by atoms with E-state index in [-0.39, 0.29) is 23.4 Å². The van der Waals surface area contributed by atoms with Gasteiger partial charge in [0.05, 0.1) is 29.7 Å². The number of benzene rings is 2. The fraction of sp³-hybridized carbons (Fsp3) is 0.444. The molecule has 0 aliphatic carbocycles. The largest absolute Gasteiger partial charge is 0.497 e. The summed E-state index contributed by atoms with van der Waals surface area (Å²) in [6.07, 6.45) is 3.69. The number of carbonyl (C=O) groups excluding carboxylic acids is 3. The van der Waals surface area contributed by atoms with Gasteiger partial charge in [0.25, 0.3) is 0 Å². The van der Waals surface area contributed by atoms with Crippen molar-refractivity contribution < 1.29 is 23.3 Å². The number of methoxy groups -OCH3 is 1. The van der Waals surface area contributed by atoms with E-state index in [1.807, 2.05) is 30.3 Å². The Morgan fingerprint density at radius 2 is 1.57 bits per heavy atom. The fourth-order valence-corrected chi connectivity index (χ4v) is 6.01. The first kappa shape index (κ1) is 25.1. The van der Waals surface area contributed by atoms with Crippen molar-refractivity contribution >= 4 is 28.4 Å². The topological polar surface area (TPSA) is 84.0 Å². The standard InChI is InChI=1S/C27H32N2O5S/c1-34-21-12-14-22(15-13-21)35(33)19-25(30)23-9-5-18-29(23)27(32)24-10-6-17-28(24)26(31)16-11-20-7-3-2-4-8-20/h2-4,7-8,12-15,23-24H,5-6,9-11,16-19H2,1H3/t23-,24-,35-/m0/s1. The zero-order valence-corrected chi connectivity index (χ0v) is 20.9. The zero-order chi connectivity index (χ0) is 24.8. The Bertz CT molecular complexity index is 1070. The molecule has 2 fully saturated rings. The van der Waals surface area contributed by atoms with Gasteiger partial charge in [0, 0.05) is 24.4 Å². The number of aryl methyl sites for hydroxylation is 1. The van der Waals surface area contributed by atoms with E-state index in [2.05, 4.69) is 0 Å². The second-order valence-electron chi connectivity index (χ2n) is 9.05. The Morgan fingerprint density at radius 3 is 2.26 bits per heavy atom. The van der Waals surface area contributed by atoms with Gasteiger partial charge in [-0.25, -0.2) is 0 Å². The van der Waals surface area contributed by atoms with Crippen LogP contribution in [0.4, 0.5) is 0 Å². The molecular weight excluding hydrogens is 464 g/mol. The molecule has 0 unspecified atom stereocenters. The van der Waals surface area contributed by atoms with Gasteiger partial charge in [-0.3, -0.25) is 18.6 Å². The lowest BCUT2D eigenvalue weighted by Crippen LogP contribution is -2.51. The van der Waals surface area contributed by atoms with Crippen molar-refractivity contribution in [2.45, 2.75) is 55.5 Å². The van der Waals surface area contributed by atoms with Crippen molar-refractivity contribution in [1.82, 2.24) is 9.80 Å². The maximum absolute atomic E-state index is 13.5. The molecule has 0 bridgehead atoms. The van der Waals surface area contributed by atoms with Gasteiger partial charge in [-0.2, -0.15) is 0 Å². The molecule has 8 heteroatoms. The van der Waals surface area contributed by atoms with Crippen molar-refractivity contribution in [3.8, 4) is 5.75 Å². The number of amides is 2. The van der Waals surface area contributed by atoms with Crippen molar-refractivity contribution in [1.29, 1.82) is 0 Å². The predicted molar refractivity (Wildman–Crippen MR) is 134 cm³/mol. The smallest absolute Gasteiger partial charge is 0.245 e. The summed E-state index contributed by atoms with van der Waals surface area (Å²) < 4.78 is 17.9. The van der Waals surface area contributed by atoms with Gasteiger partial charge >= 0.3 is 0 Å². The highest BCUT2D eigenvalue weighted by molar-refractivity contribution is 7.85. The van der Waals surface area contributed by atoms with Gasteiger partial charge in [-0.15, -0.1) is 0 Å². The van der Waals surface area contributed by atoms with Crippen LogP contribution in [0.15, 0.2) is 59.5 Å². The SMILES string of the molecule is COc1ccc([S@@](=O)CC(=O)[C@@H]2CCCN2C(=O)[C@@H]2CCCN2C(=O)CCc2ccccc2)cc1. The number of Topliss-reactive ketones (excluding diaryl/α,β-unsaturated/α-hetero) is 1. The van der Waals surface area contributed by atoms with Crippen LogP contribution in [0.3, 0.4) is 0 Å². The molecule has 2 aliphatic heterocycles. The Balaban J connectivity index is 1.36. The highest BCUT2D eigenvalue weighted by atomic mass is 32.2. The summed E-state index contributed by atoms with van der Waals surface area (Å²) in [6.45, 7) is 1.06. The fourth-order valence-electron chi connectivity index (χ4n) is 4.95. The van der Waals surface area contributed by atoms with Crippen LogP contribution in [0, 0.1) is 0 Å². The highest BCUT2D eigenvalue weighted by Crippen LogP contribution is 2.26. The molecule has 0 radical (unpaired) electrons. The van der Waals surface area contributed by atoms with Crippen LogP contribution in [-0.4, -0.2) is 69.6 Å². The molecular formula is C27H32N2O5S. The minimum absolute atomic E-state index is 0.0209. The summed E-state index contributed by atoms with van der Waals surface area (Å²) in [4.78, 5) is 43.4. The molecule has 0 saturated carbocycles. The third kappa shape index (κ3) is 5.99. The van der Waals surface area contributed by atoms with Crippen LogP contribution in [0.5, 0.6) is 5.75 Å². The Hall–Kier alpha value is -3.00. The molecule has 0 aromatic heterocycles. The van der Waals surface area contributed by atoms with Gasteiger partial charge in [-0.1, -0.05) is 30.3 Å². The average molecular weight is 497 g/mol. The predicted octanol–water partition coefficient (Wildman–Crippen LogP) is 2.99. The van der Waals surface area contributed by atoms with E-state index in [9.17, 15) is 18.6 Å². The Kier molecular flexibility index (Phi) is 8.33. The number of nitrogens with zero attached hydrogens (tertiary/aromatic N) is 2. The van der Waals surface area contributed by atoms with E-state index >= 15 is 0 Å². The normalized spacial score (nSPS) is 20.6. The van der Waals surface area contributed by atoms with Crippen LogP contribution in [0.2, 0.25) is 0 Å². The molecule has 2 saturated heterocycles. The summed E-state index contributed by atoms with van der Waals surface area (Å²) in [7, 11) is 0.0663. The van der Waals surface area contributed by atoms with Crippen molar-refractivity contribution in [2.24, 2.45) is 0 Å². The zero-order valence-electron chi connectivity index (χ0n) is 20.1. The van der Waals surface area contributed by atoms with Crippen LogP contribution >= 0.6 is 0 Å². The third-order valence-electron chi connectivity index (χ3n) is 6.83. The minimum atomic E-state index is -1.49. The minimum Gasteiger partial charge on any atom is -0.497 e. The van der Waals surface area contributed by atoms with Crippen LogP contribution in [-0.2, 0) is 31.6 Å². The lowest BCUT2D eigenvalue weighted by molar-refractivity contribution is -0.146. The maximum Gasteiger partial charge on any atom is 0.245 e. The summed E-state index contributed by atoms with van der Waals surface area (Å²) in [5.74, 6) is 0.161. The van der Waals surface area contributed by atoms with Crippen molar-refractivity contribution in [2.75, 3.05) is 26.0 Å². The molecule has 2 heterocycles. The van der Waals surface area contributed by atoms with Crippen LogP contribution < -0.4 is 4.74 Å². The maximum atomic E-state index is 13.5. The first-order valence-corrected chi connectivity index (χ1v) is 13.5. The molecule has 2 aliphatic rings. The molecule has 3 atom stereocenters. The first-order valence-electron chi connectivity index (χ1n) is 12.2. The summed E-state index contributed by atoms with van der Waals surface area (Å²) in [5.41, 5.74) is 1.10. The molecule has 35 heavy (non-hydrogen) atoms. The van der Waals surface area contributed by atoms with E-state index in [4.69, 9.17) is 4.74 Å². The average Bonchev–Trinajstić information content (AvgIpc) is 3.58. The van der Waals surface area contributed by atoms with E-state index < -0.39 is 22.9 Å². The first-order chi connectivity index (χ1) is 17.0.